The number of hydrogen-bond acceptors (Lipinski definition) is 2. The van der Waals surface area contributed by atoms with Gasteiger partial charge < -0.3 is 9.67 Å². The average molecular weight is 336 g/mol. The van der Waals surface area contributed by atoms with Crippen molar-refractivity contribution in [3.8, 4) is 5.69 Å². The molecule has 3 rings (SSSR count). The highest BCUT2D eigenvalue weighted by Gasteiger charge is 2.46. The van der Waals surface area contributed by atoms with Crippen molar-refractivity contribution in [3.63, 3.8) is 0 Å². The number of hydrogen-bond donors (Lipinski definition) is 1. The van der Waals surface area contributed by atoms with Crippen LogP contribution in [0.4, 0.5) is 26.3 Å². The summed E-state index contributed by atoms with van der Waals surface area (Å²) < 4.78 is 80.9. The van der Waals surface area contributed by atoms with Crippen molar-refractivity contribution >= 4 is 0 Å². The maximum atomic E-state index is 13.7. The molecule has 0 bridgehead atoms. The Labute approximate surface area is 126 Å². The molecular weight excluding hydrogens is 326 g/mol. The van der Waals surface area contributed by atoms with Gasteiger partial charge in [-0.1, -0.05) is 0 Å². The fraction of sp³-hybridized carbons (Fsp3) is 0.357. The largest absolute Gasteiger partial charge is 0.418 e. The van der Waals surface area contributed by atoms with Crippen LogP contribution < -0.4 is 0 Å². The van der Waals surface area contributed by atoms with Gasteiger partial charge in [0.1, 0.15) is 18.1 Å². The molecule has 9 heteroatoms. The van der Waals surface area contributed by atoms with Crippen LogP contribution in [0.25, 0.3) is 5.69 Å². The van der Waals surface area contributed by atoms with E-state index in [9.17, 15) is 31.4 Å². The van der Waals surface area contributed by atoms with Crippen molar-refractivity contribution < 1.29 is 31.4 Å². The van der Waals surface area contributed by atoms with E-state index < -0.39 is 48.0 Å². The number of fused-ring (bicyclic) bond motifs is 1. The lowest BCUT2D eigenvalue weighted by Gasteiger charge is -2.27. The summed E-state index contributed by atoms with van der Waals surface area (Å²) in [5.41, 5.74) is -2.32. The summed E-state index contributed by atoms with van der Waals surface area (Å²) in [7, 11) is 0. The van der Waals surface area contributed by atoms with Crippen molar-refractivity contribution in [1.29, 1.82) is 0 Å². The lowest BCUT2D eigenvalue weighted by atomic mass is 9.89. The third-order valence-electron chi connectivity index (χ3n) is 3.76. The molecule has 0 amide bonds. The molecule has 1 N–H and O–H groups in total. The molecule has 0 spiro atoms. The Bertz CT molecular complexity index is 741. The number of pyridine rings is 1. The Kier molecular flexibility index (Phi) is 3.62. The first kappa shape index (κ1) is 15.9. The minimum Gasteiger partial charge on any atom is -0.385 e. The zero-order chi connectivity index (χ0) is 16.9. The number of rotatable bonds is 1. The number of aliphatic hydroxyl groups excluding tert-OH is 1. The number of nitrogens with zero attached hydrogens (tertiary/aromatic N) is 2. The lowest BCUT2D eigenvalue weighted by molar-refractivity contribution is -0.140. The van der Waals surface area contributed by atoms with E-state index in [-0.39, 0.29) is 11.4 Å². The third kappa shape index (κ3) is 2.58. The van der Waals surface area contributed by atoms with Crippen LogP contribution in [0.3, 0.4) is 0 Å². The molecule has 2 aromatic heterocycles. The number of alkyl halides is 5. The Morgan fingerprint density at radius 2 is 1.91 bits per heavy atom. The predicted molar refractivity (Wildman–Crippen MR) is 67.0 cm³/mol. The van der Waals surface area contributed by atoms with E-state index >= 15 is 0 Å². The predicted octanol–water partition coefficient (Wildman–Crippen LogP) is 3.30. The van der Waals surface area contributed by atoms with E-state index in [4.69, 9.17) is 0 Å². The second-order valence-electron chi connectivity index (χ2n) is 5.24. The second kappa shape index (κ2) is 5.26. The van der Waals surface area contributed by atoms with E-state index in [1.807, 2.05) is 0 Å². The SMILES string of the molecule is OC1c2c(C(F)(F)F)cn(-c3cncc(F)c3)c2CC(F)C1F. The van der Waals surface area contributed by atoms with Crippen molar-refractivity contribution in [2.45, 2.75) is 31.0 Å². The summed E-state index contributed by atoms with van der Waals surface area (Å²) in [5, 5.41) is 9.74. The van der Waals surface area contributed by atoms with Crippen LogP contribution in [-0.2, 0) is 12.6 Å². The van der Waals surface area contributed by atoms with E-state index in [1.54, 1.807) is 0 Å². The molecule has 0 aliphatic heterocycles. The number of halogens is 6. The van der Waals surface area contributed by atoms with Crippen LogP contribution >= 0.6 is 0 Å². The Morgan fingerprint density at radius 3 is 2.52 bits per heavy atom. The van der Waals surface area contributed by atoms with Gasteiger partial charge in [0.05, 0.1) is 23.6 Å². The molecule has 3 atom stereocenters. The Hall–Kier alpha value is -2.03. The molecule has 0 saturated heterocycles. The van der Waals surface area contributed by atoms with Gasteiger partial charge in [0.25, 0.3) is 0 Å². The molecule has 1 aliphatic rings. The van der Waals surface area contributed by atoms with E-state index in [0.29, 0.717) is 6.20 Å². The second-order valence-corrected chi connectivity index (χ2v) is 5.24. The van der Waals surface area contributed by atoms with Crippen LogP contribution in [-0.4, -0.2) is 27.0 Å². The first-order valence-corrected chi connectivity index (χ1v) is 6.58. The quantitative estimate of drug-likeness (QED) is 0.812. The fourth-order valence-electron chi connectivity index (χ4n) is 2.74. The van der Waals surface area contributed by atoms with Crippen molar-refractivity contribution in [1.82, 2.24) is 9.55 Å². The average Bonchev–Trinajstić information content (AvgIpc) is 2.84. The van der Waals surface area contributed by atoms with Crippen molar-refractivity contribution in [2.75, 3.05) is 0 Å². The van der Waals surface area contributed by atoms with Crippen LogP contribution in [0.1, 0.15) is 22.9 Å². The monoisotopic (exact) mass is 336 g/mol. The smallest absolute Gasteiger partial charge is 0.385 e. The molecule has 2 aromatic rings. The first-order valence-electron chi connectivity index (χ1n) is 6.58. The molecule has 0 saturated carbocycles. The van der Waals surface area contributed by atoms with E-state index in [0.717, 1.165) is 23.0 Å². The Morgan fingerprint density at radius 1 is 1.22 bits per heavy atom. The molecule has 124 valence electrons. The summed E-state index contributed by atoms with van der Waals surface area (Å²) in [4.78, 5) is 3.53. The van der Waals surface area contributed by atoms with Crippen molar-refractivity contribution in [2.24, 2.45) is 0 Å². The molecular formula is C14H10F6N2O. The standard InChI is InChI=1S/C14H10F6N2O/c15-6-1-7(4-21-3-6)22-5-8(14(18,19)20)11-10(22)2-9(16)12(17)13(11)23/h1,3-5,9,12-13,23H,2H2. The molecule has 0 fully saturated rings. The van der Waals surface area contributed by atoms with E-state index in [2.05, 4.69) is 4.98 Å². The van der Waals surface area contributed by atoms with Gasteiger partial charge in [-0.25, -0.2) is 13.2 Å². The van der Waals surface area contributed by atoms with E-state index in [1.165, 1.54) is 0 Å². The minimum absolute atomic E-state index is 0.0755. The van der Waals surface area contributed by atoms with Gasteiger partial charge in [0, 0.05) is 29.9 Å². The van der Waals surface area contributed by atoms with Gasteiger partial charge in [-0.15, -0.1) is 0 Å². The van der Waals surface area contributed by atoms with Gasteiger partial charge in [-0.3, -0.25) is 4.98 Å². The van der Waals surface area contributed by atoms with Crippen molar-refractivity contribution in [3.05, 3.63) is 47.3 Å². The normalized spacial score (nSPS) is 24.6. The van der Waals surface area contributed by atoms with Gasteiger partial charge in [-0.2, -0.15) is 13.2 Å². The van der Waals surface area contributed by atoms with Gasteiger partial charge in [-0.05, 0) is 0 Å². The van der Waals surface area contributed by atoms with Gasteiger partial charge in [0.2, 0.25) is 0 Å². The third-order valence-corrected chi connectivity index (χ3v) is 3.76. The maximum Gasteiger partial charge on any atom is 0.418 e. The first-order chi connectivity index (χ1) is 10.7. The molecule has 0 aromatic carbocycles. The van der Waals surface area contributed by atoms with Gasteiger partial charge in [0.15, 0.2) is 6.17 Å². The maximum absolute atomic E-state index is 13.7. The van der Waals surface area contributed by atoms with Crippen LogP contribution in [0.5, 0.6) is 0 Å². The zero-order valence-corrected chi connectivity index (χ0v) is 11.4. The molecule has 2 heterocycles. The summed E-state index contributed by atoms with van der Waals surface area (Å²) in [6, 6.07) is 0.911. The van der Waals surface area contributed by atoms with Crippen LogP contribution in [0, 0.1) is 5.82 Å². The summed E-state index contributed by atoms with van der Waals surface area (Å²) in [6.45, 7) is 0. The zero-order valence-electron chi connectivity index (χ0n) is 11.4. The topological polar surface area (TPSA) is 38.0 Å². The summed E-state index contributed by atoms with van der Waals surface area (Å²) >= 11 is 0. The molecule has 23 heavy (non-hydrogen) atoms. The van der Waals surface area contributed by atoms with Crippen LogP contribution in [0.2, 0.25) is 0 Å². The molecule has 3 nitrogen and oxygen atoms in total. The minimum atomic E-state index is -4.88. The van der Waals surface area contributed by atoms with Crippen LogP contribution in [0.15, 0.2) is 24.7 Å². The van der Waals surface area contributed by atoms with Gasteiger partial charge >= 0.3 is 6.18 Å². The lowest BCUT2D eigenvalue weighted by Crippen LogP contribution is -2.34. The highest BCUT2D eigenvalue weighted by atomic mass is 19.4. The molecule has 3 unspecified atom stereocenters. The molecule has 0 radical (unpaired) electrons. The fourth-order valence-corrected chi connectivity index (χ4v) is 2.74. The summed E-state index contributed by atoms with van der Waals surface area (Å²) in [6.07, 6.45) is -9.86. The number of aliphatic hydroxyl groups is 1. The highest BCUT2D eigenvalue weighted by Crippen LogP contribution is 2.44. The highest BCUT2D eigenvalue weighted by molar-refractivity contribution is 5.46. The summed E-state index contributed by atoms with van der Waals surface area (Å²) in [5.74, 6) is -0.796. The molecule has 1 aliphatic carbocycles. The number of aromatic nitrogens is 2. The Balaban J connectivity index is 2.25.